The molecule has 0 aliphatic rings. The molecule has 4 aromatic rings. The summed E-state index contributed by atoms with van der Waals surface area (Å²) >= 11 is 0. The van der Waals surface area contributed by atoms with Gasteiger partial charge in [-0.15, -0.1) is 0 Å². The number of rotatable bonds is 5. The van der Waals surface area contributed by atoms with Gasteiger partial charge in [0.25, 0.3) is 5.91 Å². The van der Waals surface area contributed by atoms with Gasteiger partial charge in [-0.25, -0.2) is 4.98 Å². The second kappa shape index (κ2) is 7.56. The normalized spacial score (nSPS) is 10.8. The highest BCUT2D eigenvalue weighted by Crippen LogP contribution is 2.25. The number of carbonyl (C=O) groups excluding carboxylic acids is 1. The van der Waals surface area contributed by atoms with Crippen molar-refractivity contribution in [2.24, 2.45) is 0 Å². The third-order valence-electron chi connectivity index (χ3n) is 4.56. The first-order valence-electron chi connectivity index (χ1n) is 9.12. The zero-order valence-electron chi connectivity index (χ0n) is 15.8. The fourth-order valence-corrected chi connectivity index (χ4v) is 2.96. The second-order valence-electron chi connectivity index (χ2n) is 6.77. The van der Waals surface area contributed by atoms with Gasteiger partial charge in [-0.05, 0) is 49.7 Å². The molecule has 0 aliphatic carbocycles. The molecule has 0 aliphatic heterocycles. The lowest BCUT2D eigenvalue weighted by Gasteiger charge is -2.11. The van der Waals surface area contributed by atoms with Crippen LogP contribution >= 0.6 is 0 Å². The van der Waals surface area contributed by atoms with E-state index < -0.39 is 0 Å². The van der Waals surface area contributed by atoms with Crippen LogP contribution in [0.25, 0.3) is 16.9 Å². The second-order valence-corrected chi connectivity index (χ2v) is 6.77. The zero-order chi connectivity index (χ0) is 19.5. The van der Waals surface area contributed by atoms with E-state index in [2.05, 4.69) is 10.3 Å². The van der Waals surface area contributed by atoms with Crippen LogP contribution in [0.3, 0.4) is 0 Å². The Bertz CT molecular complexity index is 1100. The van der Waals surface area contributed by atoms with Gasteiger partial charge in [-0.2, -0.15) is 0 Å². The van der Waals surface area contributed by atoms with Crippen LogP contribution < -0.4 is 10.1 Å². The number of imidazole rings is 1. The van der Waals surface area contributed by atoms with Crippen molar-refractivity contribution >= 4 is 17.2 Å². The molecule has 28 heavy (non-hydrogen) atoms. The van der Waals surface area contributed by atoms with Crippen LogP contribution in [0.1, 0.15) is 11.1 Å². The van der Waals surface area contributed by atoms with E-state index in [-0.39, 0.29) is 12.5 Å². The molecule has 0 saturated carbocycles. The van der Waals surface area contributed by atoms with Crippen molar-refractivity contribution in [2.45, 2.75) is 13.8 Å². The average Bonchev–Trinajstić information content (AvgIpc) is 3.13. The van der Waals surface area contributed by atoms with Crippen LogP contribution in [0.5, 0.6) is 5.75 Å². The summed E-state index contributed by atoms with van der Waals surface area (Å²) in [6, 6.07) is 19.4. The molecule has 0 bridgehead atoms. The molecule has 0 spiro atoms. The van der Waals surface area contributed by atoms with E-state index in [1.807, 2.05) is 91.3 Å². The van der Waals surface area contributed by atoms with Gasteiger partial charge in [0.2, 0.25) is 0 Å². The van der Waals surface area contributed by atoms with E-state index in [1.54, 1.807) is 0 Å². The van der Waals surface area contributed by atoms with E-state index in [9.17, 15) is 4.79 Å². The smallest absolute Gasteiger partial charge is 0.262 e. The Morgan fingerprint density at radius 1 is 1.07 bits per heavy atom. The predicted molar refractivity (Wildman–Crippen MR) is 111 cm³/mol. The molecule has 2 aromatic carbocycles. The Kier molecular flexibility index (Phi) is 4.81. The van der Waals surface area contributed by atoms with Crippen LogP contribution in [0.15, 0.2) is 73.1 Å². The van der Waals surface area contributed by atoms with Gasteiger partial charge in [-0.3, -0.25) is 4.79 Å². The minimum absolute atomic E-state index is 0.0406. The van der Waals surface area contributed by atoms with Crippen molar-refractivity contribution < 1.29 is 9.53 Å². The fourth-order valence-electron chi connectivity index (χ4n) is 2.96. The standard InChI is InChI=1S/C23H21N3O2/c1-16-6-10-19(11-7-16)28-15-23(27)25-20-13-18(9-8-17(20)2)21-14-26-12-4-3-5-22(26)24-21/h3-14H,15H2,1-2H3,(H,25,27). The van der Waals surface area contributed by atoms with Crippen LogP contribution in [0, 0.1) is 13.8 Å². The molecule has 1 N–H and O–H groups in total. The maximum atomic E-state index is 12.3. The first-order chi connectivity index (χ1) is 13.6. The number of fused-ring (bicyclic) bond motifs is 1. The summed E-state index contributed by atoms with van der Waals surface area (Å²) in [5.74, 6) is 0.478. The largest absolute Gasteiger partial charge is 0.484 e. The van der Waals surface area contributed by atoms with Gasteiger partial charge in [-0.1, -0.05) is 35.9 Å². The van der Waals surface area contributed by atoms with Crippen LogP contribution in [0.2, 0.25) is 0 Å². The molecule has 5 nitrogen and oxygen atoms in total. The molecule has 1 amide bonds. The number of aromatic nitrogens is 2. The van der Waals surface area contributed by atoms with Crippen molar-refractivity contribution in [2.75, 3.05) is 11.9 Å². The molecule has 0 saturated heterocycles. The summed E-state index contributed by atoms with van der Waals surface area (Å²) in [5.41, 5.74) is 5.58. The Balaban J connectivity index is 1.49. The Morgan fingerprint density at radius 3 is 2.68 bits per heavy atom. The Morgan fingerprint density at radius 2 is 1.89 bits per heavy atom. The molecule has 140 valence electrons. The van der Waals surface area contributed by atoms with Gasteiger partial charge in [0.05, 0.1) is 5.69 Å². The Labute approximate surface area is 163 Å². The molecule has 0 atom stereocenters. The lowest BCUT2D eigenvalue weighted by Crippen LogP contribution is -2.20. The van der Waals surface area contributed by atoms with Gasteiger partial charge in [0, 0.05) is 23.6 Å². The van der Waals surface area contributed by atoms with Crippen LogP contribution in [-0.4, -0.2) is 21.9 Å². The summed E-state index contributed by atoms with van der Waals surface area (Å²) < 4.78 is 7.54. The zero-order valence-corrected chi connectivity index (χ0v) is 15.8. The van der Waals surface area contributed by atoms with Gasteiger partial charge in [0.1, 0.15) is 11.4 Å². The summed E-state index contributed by atoms with van der Waals surface area (Å²) in [4.78, 5) is 17.0. The summed E-state index contributed by atoms with van der Waals surface area (Å²) in [6.45, 7) is 3.93. The maximum absolute atomic E-state index is 12.3. The first kappa shape index (κ1) is 17.8. The number of anilines is 1. The molecular formula is C23H21N3O2. The molecule has 0 unspecified atom stereocenters. The highest BCUT2D eigenvalue weighted by Gasteiger charge is 2.10. The third-order valence-corrected chi connectivity index (χ3v) is 4.56. The van der Waals surface area contributed by atoms with Crippen LogP contribution in [-0.2, 0) is 4.79 Å². The number of aryl methyl sites for hydroxylation is 2. The SMILES string of the molecule is Cc1ccc(OCC(=O)Nc2cc(-c3cn4ccccc4n3)ccc2C)cc1. The van der Waals surface area contributed by atoms with Crippen molar-refractivity contribution in [1.29, 1.82) is 0 Å². The first-order valence-corrected chi connectivity index (χ1v) is 9.12. The lowest BCUT2D eigenvalue weighted by atomic mass is 10.1. The van der Waals surface area contributed by atoms with E-state index in [0.29, 0.717) is 5.75 Å². The summed E-state index contributed by atoms with van der Waals surface area (Å²) in [6.07, 6.45) is 3.94. The van der Waals surface area contributed by atoms with Gasteiger partial charge < -0.3 is 14.5 Å². The molecule has 5 heteroatoms. The van der Waals surface area contributed by atoms with Crippen molar-refractivity contribution in [3.05, 3.63) is 84.2 Å². The highest BCUT2D eigenvalue weighted by atomic mass is 16.5. The average molecular weight is 371 g/mol. The topological polar surface area (TPSA) is 55.6 Å². The van der Waals surface area contributed by atoms with Gasteiger partial charge >= 0.3 is 0 Å². The molecule has 2 aromatic heterocycles. The monoisotopic (exact) mass is 371 g/mol. The predicted octanol–water partition coefficient (Wildman–Crippen LogP) is 4.64. The number of hydrogen-bond acceptors (Lipinski definition) is 3. The quantitative estimate of drug-likeness (QED) is 0.556. The van der Waals surface area contributed by atoms with Crippen molar-refractivity contribution in [1.82, 2.24) is 9.38 Å². The number of hydrogen-bond donors (Lipinski definition) is 1. The van der Waals surface area contributed by atoms with E-state index in [1.165, 1.54) is 0 Å². The van der Waals surface area contributed by atoms with E-state index in [4.69, 9.17) is 4.74 Å². The minimum atomic E-state index is -0.198. The number of carbonyl (C=O) groups is 1. The molecule has 4 rings (SSSR count). The number of amides is 1. The minimum Gasteiger partial charge on any atom is -0.484 e. The van der Waals surface area contributed by atoms with Crippen molar-refractivity contribution in [3.63, 3.8) is 0 Å². The molecule has 0 fully saturated rings. The highest BCUT2D eigenvalue weighted by molar-refractivity contribution is 5.93. The summed E-state index contributed by atoms with van der Waals surface area (Å²) in [7, 11) is 0. The number of pyridine rings is 1. The van der Waals surface area contributed by atoms with Crippen LogP contribution in [0.4, 0.5) is 5.69 Å². The lowest BCUT2D eigenvalue weighted by molar-refractivity contribution is -0.118. The number of nitrogens with zero attached hydrogens (tertiary/aromatic N) is 2. The molecule has 2 heterocycles. The maximum Gasteiger partial charge on any atom is 0.262 e. The Hall–Kier alpha value is -3.60. The number of benzene rings is 2. The third kappa shape index (κ3) is 3.88. The van der Waals surface area contributed by atoms with E-state index >= 15 is 0 Å². The molecule has 0 radical (unpaired) electrons. The van der Waals surface area contributed by atoms with E-state index in [0.717, 1.165) is 33.7 Å². The summed E-state index contributed by atoms with van der Waals surface area (Å²) in [5, 5.41) is 2.94. The number of nitrogens with one attached hydrogen (secondary N) is 1. The molecular weight excluding hydrogens is 350 g/mol. The fraction of sp³-hybridized carbons (Fsp3) is 0.130. The van der Waals surface area contributed by atoms with Gasteiger partial charge in [0.15, 0.2) is 6.61 Å². The van der Waals surface area contributed by atoms with Crippen molar-refractivity contribution in [3.8, 4) is 17.0 Å². The number of ether oxygens (including phenoxy) is 1.